The highest BCUT2D eigenvalue weighted by atomic mass is 14.7. The van der Waals surface area contributed by atoms with Gasteiger partial charge in [-0.05, 0) is 25.2 Å². The first kappa shape index (κ1) is 14.0. The first-order valence-electron chi connectivity index (χ1n) is 7.60. The summed E-state index contributed by atoms with van der Waals surface area (Å²) in [5.41, 5.74) is 6.07. The van der Waals surface area contributed by atoms with Crippen LogP contribution in [0.3, 0.4) is 0 Å². The van der Waals surface area contributed by atoms with E-state index in [0.717, 1.165) is 5.92 Å². The lowest BCUT2D eigenvalue weighted by Crippen LogP contribution is -2.24. The molecular weight excluding hydrogens is 194 g/mol. The van der Waals surface area contributed by atoms with E-state index in [1.807, 2.05) is 0 Å². The van der Waals surface area contributed by atoms with E-state index in [2.05, 4.69) is 6.92 Å². The summed E-state index contributed by atoms with van der Waals surface area (Å²) in [6.45, 7) is 2.28. The summed E-state index contributed by atoms with van der Waals surface area (Å²) >= 11 is 0. The smallest absolute Gasteiger partial charge is 0.00671 e. The molecule has 1 aliphatic carbocycles. The number of nitrogens with two attached hydrogens (primary N) is 1. The van der Waals surface area contributed by atoms with Crippen molar-refractivity contribution in [1.82, 2.24) is 0 Å². The van der Waals surface area contributed by atoms with Crippen molar-refractivity contribution >= 4 is 0 Å². The molecule has 2 atom stereocenters. The second kappa shape index (κ2) is 9.04. The third kappa shape index (κ3) is 5.89. The SMILES string of the molecule is CCCCCCCCCCC1CCCC1N. The Morgan fingerprint density at radius 1 is 0.875 bits per heavy atom. The Balaban J connectivity index is 1.81. The predicted octanol–water partition coefficient (Wildman–Crippen LogP) is 4.64. The minimum atomic E-state index is 0.532. The van der Waals surface area contributed by atoms with Crippen LogP contribution in [0.5, 0.6) is 0 Å². The van der Waals surface area contributed by atoms with Crippen LogP contribution < -0.4 is 5.73 Å². The van der Waals surface area contributed by atoms with Gasteiger partial charge in [-0.15, -0.1) is 0 Å². The maximum absolute atomic E-state index is 6.07. The third-order valence-electron chi connectivity index (χ3n) is 4.15. The van der Waals surface area contributed by atoms with Crippen molar-refractivity contribution in [3.8, 4) is 0 Å². The van der Waals surface area contributed by atoms with Gasteiger partial charge in [0.15, 0.2) is 0 Å². The molecule has 0 heterocycles. The number of hydrogen-bond acceptors (Lipinski definition) is 1. The zero-order chi connectivity index (χ0) is 11.6. The number of hydrogen-bond donors (Lipinski definition) is 1. The van der Waals surface area contributed by atoms with Crippen LogP contribution in [0.25, 0.3) is 0 Å². The quantitative estimate of drug-likeness (QED) is 0.568. The molecule has 1 aliphatic rings. The van der Waals surface area contributed by atoms with Gasteiger partial charge in [0.25, 0.3) is 0 Å². The van der Waals surface area contributed by atoms with E-state index in [0.29, 0.717) is 6.04 Å². The first-order chi connectivity index (χ1) is 7.84. The molecule has 1 fully saturated rings. The standard InChI is InChI=1S/C15H31N/c1-2-3-4-5-6-7-8-9-11-14-12-10-13-15(14)16/h14-15H,2-13,16H2,1H3. The van der Waals surface area contributed by atoms with Crippen molar-refractivity contribution in [2.45, 2.75) is 90.0 Å². The fraction of sp³-hybridized carbons (Fsp3) is 1.00. The summed E-state index contributed by atoms with van der Waals surface area (Å²) in [6, 6.07) is 0.532. The van der Waals surface area contributed by atoms with Gasteiger partial charge in [0, 0.05) is 6.04 Å². The molecule has 16 heavy (non-hydrogen) atoms. The molecule has 1 heteroatoms. The molecule has 0 aromatic rings. The van der Waals surface area contributed by atoms with Gasteiger partial charge in [0.05, 0.1) is 0 Å². The van der Waals surface area contributed by atoms with E-state index in [9.17, 15) is 0 Å². The fourth-order valence-electron chi connectivity index (χ4n) is 2.96. The second-order valence-electron chi connectivity index (χ2n) is 5.62. The maximum atomic E-state index is 6.07. The molecule has 1 nitrogen and oxygen atoms in total. The Hall–Kier alpha value is -0.0400. The molecule has 0 spiro atoms. The highest BCUT2D eigenvalue weighted by Crippen LogP contribution is 2.28. The Bertz CT molecular complexity index is 156. The van der Waals surface area contributed by atoms with Crippen molar-refractivity contribution in [3.05, 3.63) is 0 Å². The summed E-state index contributed by atoms with van der Waals surface area (Å²) in [4.78, 5) is 0. The van der Waals surface area contributed by atoms with Crippen LogP contribution in [0.4, 0.5) is 0 Å². The molecular formula is C15H31N. The molecule has 0 aromatic carbocycles. The summed E-state index contributed by atoms with van der Waals surface area (Å²) in [7, 11) is 0. The summed E-state index contributed by atoms with van der Waals surface area (Å²) in [6.07, 6.45) is 16.9. The van der Waals surface area contributed by atoms with E-state index < -0.39 is 0 Å². The average molecular weight is 225 g/mol. The van der Waals surface area contributed by atoms with Crippen LogP contribution in [-0.4, -0.2) is 6.04 Å². The number of rotatable bonds is 9. The van der Waals surface area contributed by atoms with Crippen molar-refractivity contribution in [2.75, 3.05) is 0 Å². The molecule has 96 valence electrons. The molecule has 2 N–H and O–H groups in total. The topological polar surface area (TPSA) is 26.0 Å². The molecule has 0 saturated heterocycles. The Morgan fingerprint density at radius 3 is 2.06 bits per heavy atom. The van der Waals surface area contributed by atoms with Gasteiger partial charge < -0.3 is 5.73 Å². The zero-order valence-corrected chi connectivity index (χ0v) is 11.2. The van der Waals surface area contributed by atoms with Gasteiger partial charge in [0.2, 0.25) is 0 Å². The van der Waals surface area contributed by atoms with Crippen molar-refractivity contribution in [1.29, 1.82) is 0 Å². The van der Waals surface area contributed by atoms with E-state index in [1.54, 1.807) is 0 Å². The Labute approximate surface area is 102 Å². The summed E-state index contributed by atoms with van der Waals surface area (Å²) in [5.74, 6) is 0.861. The highest BCUT2D eigenvalue weighted by molar-refractivity contribution is 4.79. The van der Waals surface area contributed by atoms with Crippen molar-refractivity contribution in [2.24, 2.45) is 11.7 Å². The van der Waals surface area contributed by atoms with Crippen LogP contribution in [0.1, 0.15) is 84.0 Å². The van der Waals surface area contributed by atoms with Crippen LogP contribution >= 0.6 is 0 Å². The molecule has 0 aliphatic heterocycles. The third-order valence-corrected chi connectivity index (χ3v) is 4.15. The molecule has 1 saturated carbocycles. The van der Waals surface area contributed by atoms with Crippen LogP contribution in [-0.2, 0) is 0 Å². The fourth-order valence-corrected chi connectivity index (χ4v) is 2.96. The van der Waals surface area contributed by atoms with Gasteiger partial charge in [-0.3, -0.25) is 0 Å². The molecule has 0 amide bonds. The Kier molecular flexibility index (Phi) is 7.92. The van der Waals surface area contributed by atoms with E-state index in [4.69, 9.17) is 5.73 Å². The summed E-state index contributed by atoms with van der Waals surface area (Å²) < 4.78 is 0. The largest absolute Gasteiger partial charge is 0.327 e. The minimum Gasteiger partial charge on any atom is -0.327 e. The minimum absolute atomic E-state index is 0.532. The second-order valence-corrected chi connectivity index (χ2v) is 5.62. The van der Waals surface area contributed by atoms with Crippen LogP contribution in [0.15, 0.2) is 0 Å². The van der Waals surface area contributed by atoms with E-state index in [1.165, 1.54) is 77.0 Å². The summed E-state index contributed by atoms with van der Waals surface area (Å²) in [5, 5.41) is 0. The van der Waals surface area contributed by atoms with Crippen molar-refractivity contribution in [3.63, 3.8) is 0 Å². The molecule has 2 unspecified atom stereocenters. The average Bonchev–Trinajstić information content (AvgIpc) is 2.68. The highest BCUT2D eigenvalue weighted by Gasteiger charge is 2.22. The lowest BCUT2D eigenvalue weighted by molar-refractivity contribution is 0.420. The van der Waals surface area contributed by atoms with Crippen LogP contribution in [0, 0.1) is 5.92 Å². The van der Waals surface area contributed by atoms with Gasteiger partial charge in [0.1, 0.15) is 0 Å². The normalized spacial score (nSPS) is 25.1. The number of unbranched alkanes of at least 4 members (excludes halogenated alkanes) is 7. The predicted molar refractivity (Wildman–Crippen MR) is 72.5 cm³/mol. The first-order valence-corrected chi connectivity index (χ1v) is 7.60. The molecule has 0 radical (unpaired) electrons. The van der Waals surface area contributed by atoms with Gasteiger partial charge in [-0.25, -0.2) is 0 Å². The lowest BCUT2D eigenvalue weighted by Gasteiger charge is -2.14. The van der Waals surface area contributed by atoms with Gasteiger partial charge >= 0.3 is 0 Å². The van der Waals surface area contributed by atoms with Crippen LogP contribution in [0.2, 0.25) is 0 Å². The van der Waals surface area contributed by atoms with E-state index in [-0.39, 0.29) is 0 Å². The molecule has 0 bridgehead atoms. The van der Waals surface area contributed by atoms with Crippen molar-refractivity contribution < 1.29 is 0 Å². The van der Waals surface area contributed by atoms with Gasteiger partial charge in [-0.2, -0.15) is 0 Å². The lowest BCUT2D eigenvalue weighted by atomic mass is 9.96. The van der Waals surface area contributed by atoms with Gasteiger partial charge in [-0.1, -0.05) is 64.7 Å². The van der Waals surface area contributed by atoms with E-state index >= 15 is 0 Å². The zero-order valence-electron chi connectivity index (χ0n) is 11.2. The monoisotopic (exact) mass is 225 g/mol. The maximum Gasteiger partial charge on any atom is 0.00671 e. The molecule has 0 aromatic heterocycles. The Morgan fingerprint density at radius 2 is 1.50 bits per heavy atom. The molecule has 1 rings (SSSR count).